The van der Waals surface area contributed by atoms with Crippen LogP contribution in [0.4, 0.5) is 0 Å². The molecule has 30 heavy (non-hydrogen) atoms. The first-order valence-corrected chi connectivity index (χ1v) is 11.9. The second-order valence-corrected chi connectivity index (χ2v) is 10.00. The molecule has 4 rings (SSSR count). The Morgan fingerprint density at radius 2 is 1.87 bits per heavy atom. The molecule has 1 aromatic carbocycles. The maximum atomic E-state index is 13.1. The van der Waals surface area contributed by atoms with Crippen molar-refractivity contribution in [2.45, 2.75) is 32.2 Å². The Morgan fingerprint density at radius 1 is 1.13 bits per heavy atom. The molecule has 156 valence electrons. The monoisotopic (exact) mass is 459 g/mol. The number of rotatable bonds is 6. The van der Waals surface area contributed by atoms with E-state index >= 15 is 0 Å². The molecule has 0 spiro atoms. The highest BCUT2D eigenvalue weighted by molar-refractivity contribution is 7.24. The number of hydrogen-bond donors (Lipinski definition) is 1. The number of carbonyl (C=O) groups excluding carboxylic acids is 2. The first-order valence-electron chi connectivity index (χ1n) is 9.88. The fourth-order valence-electron chi connectivity index (χ4n) is 3.57. The molecule has 1 atom stereocenters. The number of nitrogens with zero attached hydrogens (tertiary/aromatic N) is 2. The van der Waals surface area contributed by atoms with Gasteiger partial charge in [-0.25, -0.2) is 4.98 Å². The van der Waals surface area contributed by atoms with Gasteiger partial charge in [-0.3, -0.25) is 9.59 Å². The highest BCUT2D eigenvalue weighted by Gasteiger charge is 2.29. The summed E-state index contributed by atoms with van der Waals surface area (Å²) in [6.45, 7) is 3.32. The van der Waals surface area contributed by atoms with E-state index in [9.17, 15) is 9.59 Å². The fraction of sp³-hybridized carbons (Fsp3) is 0.318. The van der Waals surface area contributed by atoms with E-state index in [0.29, 0.717) is 21.3 Å². The van der Waals surface area contributed by atoms with Crippen LogP contribution in [0.3, 0.4) is 0 Å². The van der Waals surface area contributed by atoms with Crippen LogP contribution >= 0.6 is 34.3 Å². The van der Waals surface area contributed by atoms with E-state index < -0.39 is 6.04 Å². The summed E-state index contributed by atoms with van der Waals surface area (Å²) in [5, 5.41) is 3.75. The summed E-state index contributed by atoms with van der Waals surface area (Å²) in [6, 6.07) is 12.9. The molecule has 1 saturated heterocycles. The standard InChI is InChI=1S/C22H22ClN3O2S2/c1-14-19(30-21(24-14)17-9-10-18(23)29-17)20(27)25-16(13-15-7-3-2-4-8-15)22(28)26-11-5-6-12-26/h2-4,7-10,16H,5-6,11-13H2,1H3,(H,25,27). The maximum Gasteiger partial charge on any atom is 0.263 e. The summed E-state index contributed by atoms with van der Waals surface area (Å²) in [7, 11) is 0. The summed E-state index contributed by atoms with van der Waals surface area (Å²) in [5.41, 5.74) is 1.68. The van der Waals surface area contributed by atoms with Crippen LogP contribution in [0.1, 0.15) is 33.8 Å². The molecule has 0 aliphatic carbocycles. The number of carbonyl (C=O) groups is 2. The number of thiazole rings is 1. The maximum absolute atomic E-state index is 13.1. The Balaban J connectivity index is 1.55. The van der Waals surface area contributed by atoms with Crippen molar-refractivity contribution in [3.8, 4) is 9.88 Å². The number of halogens is 1. The third-order valence-corrected chi connectivity index (χ3v) is 7.65. The predicted octanol–water partition coefficient (Wildman–Crippen LogP) is 4.80. The quantitative estimate of drug-likeness (QED) is 0.576. The number of thiophene rings is 1. The van der Waals surface area contributed by atoms with Crippen LogP contribution in [-0.2, 0) is 11.2 Å². The average molecular weight is 460 g/mol. The topological polar surface area (TPSA) is 62.3 Å². The van der Waals surface area contributed by atoms with Gasteiger partial charge in [0.1, 0.15) is 15.9 Å². The zero-order valence-corrected chi connectivity index (χ0v) is 18.9. The molecule has 2 aromatic heterocycles. The number of hydrogen-bond acceptors (Lipinski definition) is 5. The summed E-state index contributed by atoms with van der Waals surface area (Å²) in [6.07, 6.45) is 2.49. The van der Waals surface area contributed by atoms with Gasteiger partial charge in [-0.2, -0.15) is 0 Å². The summed E-state index contributed by atoms with van der Waals surface area (Å²) in [5.74, 6) is -0.274. The van der Waals surface area contributed by atoms with Gasteiger partial charge < -0.3 is 10.2 Å². The van der Waals surface area contributed by atoms with Crippen molar-refractivity contribution >= 4 is 46.1 Å². The minimum Gasteiger partial charge on any atom is -0.341 e. The van der Waals surface area contributed by atoms with Crippen molar-refractivity contribution in [1.29, 1.82) is 0 Å². The zero-order chi connectivity index (χ0) is 21.1. The Morgan fingerprint density at radius 3 is 2.53 bits per heavy atom. The lowest BCUT2D eigenvalue weighted by Crippen LogP contribution is -2.49. The molecule has 3 heterocycles. The number of likely N-dealkylation sites (tertiary alicyclic amines) is 1. The van der Waals surface area contributed by atoms with Crippen molar-refractivity contribution < 1.29 is 9.59 Å². The zero-order valence-electron chi connectivity index (χ0n) is 16.6. The second kappa shape index (κ2) is 9.29. The number of aryl methyl sites for hydroxylation is 1. The molecule has 1 unspecified atom stereocenters. The van der Waals surface area contributed by atoms with E-state index in [4.69, 9.17) is 11.6 Å². The molecule has 1 fully saturated rings. The van der Waals surface area contributed by atoms with Crippen molar-refractivity contribution in [3.63, 3.8) is 0 Å². The van der Waals surface area contributed by atoms with E-state index in [0.717, 1.165) is 41.4 Å². The third-order valence-electron chi connectivity index (χ3n) is 5.09. The van der Waals surface area contributed by atoms with Crippen LogP contribution in [0.15, 0.2) is 42.5 Å². The van der Waals surface area contributed by atoms with Gasteiger partial charge in [0, 0.05) is 19.5 Å². The molecule has 8 heteroatoms. The van der Waals surface area contributed by atoms with Crippen molar-refractivity contribution in [1.82, 2.24) is 15.2 Å². The lowest BCUT2D eigenvalue weighted by atomic mass is 10.0. The van der Waals surface area contributed by atoms with Gasteiger partial charge in [-0.05, 0) is 37.5 Å². The normalized spacial score (nSPS) is 14.7. The first-order chi connectivity index (χ1) is 14.5. The molecule has 3 aromatic rings. The minimum absolute atomic E-state index is 0.0165. The molecule has 1 aliphatic rings. The van der Waals surface area contributed by atoms with Gasteiger partial charge in [0.25, 0.3) is 5.91 Å². The first kappa shape index (κ1) is 21.0. The van der Waals surface area contributed by atoms with E-state index in [1.807, 2.05) is 54.3 Å². The molecule has 2 amide bonds. The van der Waals surface area contributed by atoms with Gasteiger partial charge >= 0.3 is 0 Å². The Kier molecular flexibility index (Phi) is 6.51. The van der Waals surface area contributed by atoms with Crippen LogP contribution in [0, 0.1) is 6.92 Å². The number of amides is 2. The SMILES string of the molecule is Cc1nc(-c2ccc(Cl)s2)sc1C(=O)NC(Cc1ccccc1)C(=O)N1CCCC1. The van der Waals surface area contributed by atoms with Gasteiger partial charge in [-0.1, -0.05) is 41.9 Å². The summed E-state index contributed by atoms with van der Waals surface area (Å²) < 4.78 is 0.683. The Labute approximate surface area is 188 Å². The molecule has 1 aliphatic heterocycles. The number of aromatic nitrogens is 1. The van der Waals surface area contributed by atoms with Crippen LogP contribution in [0.5, 0.6) is 0 Å². The van der Waals surface area contributed by atoms with Crippen LogP contribution < -0.4 is 5.32 Å². The lowest BCUT2D eigenvalue weighted by molar-refractivity contribution is -0.132. The molecule has 1 N–H and O–H groups in total. The van der Waals surface area contributed by atoms with Crippen molar-refractivity contribution in [2.24, 2.45) is 0 Å². The van der Waals surface area contributed by atoms with Crippen LogP contribution in [0.25, 0.3) is 9.88 Å². The van der Waals surface area contributed by atoms with Gasteiger partial charge in [-0.15, -0.1) is 22.7 Å². The minimum atomic E-state index is -0.598. The van der Waals surface area contributed by atoms with Crippen LogP contribution in [-0.4, -0.2) is 40.8 Å². The highest BCUT2D eigenvalue weighted by Crippen LogP contribution is 2.35. The average Bonchev–Trinajstić information content (AvgIpc) is 3.48. The van der Waals surface area contributed by atoms with Gasteiger partial charge in [0.15, 0.2) is 0 Å². The molecular weight excluding hydrogens is 438 g/mol. The molecule has 0 radical (unpaired) electrons. The van der Waals surface area contributed by atoms with Gasteiger partial charge in [0.05, 0.1) is 14.9 Å². The molecule has 5 nitrogen and oxygen atoms in total. The second-order valence-electron chi connectivity index (χ2n) is 7.29. The van der Waals surface area contributed by atoms with E-state index in [1.165, 1.54) is 22.7 Å². The molecule has 0 saturated carbocycles. The van der Waals surface area contributed by atoms with Crippen molar-refractivity contribution in [3.05, 3.63) is 62.9 Å². The summed E-state index contributed by atoms with van der Waals surface area (Å²) >= 11 is 8.80. The van der Waals surface area contributed by atoms with E-state index in [2.05, 4.69) is 10.3 Å². The van der Waals surface area contributed by atoms with E-state index in [-0.39, 0.29) is 11.8 Å². The van der Waals surface area contributed by atoms with Crippen LogP contribution in [0.2, 0.25) is 4.34 Å². The summed E-state index contributed by atoms with van der Waals surface area (Å²) in [4.78, 5) is 34.1. The lowest BCUT2D eigenvalue weighted by Gasteiger charge is -2.24. The Hall–Kier alpha value is -2.22. The fourth-order valence-corrected chi connectivity index (χ4v) is 5.64. The molecular formula is C22H22ClN3O2S2. The molecule has 0 bridgehead atoms. The largest absolute Gasteiger partial charge is 0.341 e. The number of benzene rings is 1. The highest BCUT2D eigenvalue weighted by atomic mass is 35.5. The van der Waals surface area contributed by atoms with Crippen molar-refractivity contribution in [2.75, 3.05) is 13.1 Å². The third kappa shape index (κ3) is 4.74. The van der Waals surface area contributed by atoms with Gasteiger partial charge in [0.2, 0.25) is 5.91 Å². The predicted molar refractivity (Wildman–Crippen MR) is 122 cm³/mol. The Bertz CT molecular complexity index is 1040. The smallest absolute Gasteiger partial charge is 0.263 e. The van der Waals surface area contributed by atoms with E-state index in [1.54, 1.807) is 0 Å². The number of nitrogens with one attached hydrogen (secondary N) is 1.